The van der Waals surface area contributed by atoms with E-state index in [1.165, 1.54) is 70.0 Å². The zero-order valence-corrected chi connectivity index (χ0v) is 38.0. The van der Waals surface area contributed by atoms with E-state index in [4.69, 9.17) is 0 Å². The number of hydrogen-bond acceptors (Lipinski definition) is 1. The summed E-state index contributed by atoms with van der Waals surface area (Å²) < 4.78 is 2.40. The van der Waals surface area contributed by atoms with Crippen LogP contribution >= 0.6 is 0 Å². The van der Waals surface area contributed by atoms with Crippen LogP contribution in [0.3, 0.4) is 0 Å². The Hall–Kier alpha value is -8.50. The molecule has 0 N–H and O–H groups in total. The fourth-order valence-electron chi connectivity index (χ4n) is 10.5. The Morgan fingerprint density at radius 2 is 0.791 bits per heavy atom. The van der Waals surface area contributed by atoms with E-state index in [2.05, 4.69) is 289 Å². The summed E-state index contributed by atoms with van der Waals surface area (Å²) in [6.07, 6.45) is 0. The highest BCUT2D eigenvalue weighted by Crippen LogP contribution is 2.42. The maximum Gasteiger partial charge on any atom is 0.179 e. The molecule has 0 saturated heterocycles. The summed E-state index contributed by atoms with van der Waals surface area (Å²) in [4.78, 5) is 2.43. The molecular weight excluding hydrogens is 825 g/mol. The highest BCUT2D eigenvalue weighted by molar-refractivity contribution is 7.19. The minimum atomic E-state index is -2.73. The van der Waals surface area contributed by atoms with Gasteiger partial charge >= 0.3 is 0 Å². The van der Waals surface area contributed by atoms with Gasteiger partial charge in [-0.05, 0) is 121 Å². The minimum Gasteiger partial charge on any atom is -0.310 e. The fraction of sp³-hybridized carbons (Fsp3) is 0. The molecule has 2 nitrogen and oxygen atoms in total. The second-order valence-corrected chi connectivity index (χ2v) is 21.1. The van der Waals surface area contributed by atoms with Gasteiger partial charge in [-0.3, -0.25) is 0 Å². The molecule has 1 heterocycles. The molecule has 0 aliphatic rings. The lowest BCUT2D eigenvalue weighted by atomic mass is 9.98. The standard InChI is InChI=1S/C64H46N2Si/c1-6-20-47(21-7-1)48-36-37-50-45-55(39-38-49(50)44-48)65(53-40-42-59(43-41-53)67(56-26-10-3-11-27-56,57-28-12-4-13-29-57)58-30-14-5-15-31-58)54-25-18-22-51(46-54)60-33-19-35-63-64(60)61-32-16-17-34-62(61)66(63)52-23-8-2-9-24-52/h1-46H. The number of anilines is 3. The monoisotopic (exact) mass is 870 g/mol. The van der Waals surface area contributed by atoms with Crippen molar-refractivity contribution in [2.24, 2.45) is 0 Å². The summed E-state index contributed by atoms with van der Waals surface area (Å²) in [5, 5.41) is 10.3. The Bertz CT molecular complexity index is 3570. The molecule has 1 aromatic heterocycles. The summed E-state index contributed by atoms with van der Waals surface area (Å²) in [7, 11) is -2.73. The van der Waals surface area contributed by atoms with E-state index in [0.29, 0.717) is 0 Å². The molecule has 3 heteroatoms. The number of hydrogen-bond donors (Lipinski definition) is 0. The van der Waals surface area contributed by atoms with Gasteiger partial charge in [-0.25, -0.2) is 0 Å². The van der Waals surface area contributed by atoms with Crippen LogP contribution in [-0.2, 0) is 0 Å². The summed E-state index contributed by atoms with van der Waals surface area (Å²) in [5.41, 5.74) is 11.6. The topological polar surface area (TPSA) is 8.17 Å². The number of fused-ring (bicyclic) bond motifs is 4. The first-order valence-electron chi connectivity index (χ1n) is 23.1. The summed E-state index contributed by atoms with van der Waals surface area (Å²) in [6, 6.07) is 103. The molecule has 0 aliphatic heterocycles. The van der Waals surface area contributed by atoms with E-state index in [1.807, 2.05) is 0 Å². The lowest BCUT2D eigenvalue weighted by Gasteiger charge is -2.35. The van der Waals surface area contributed by atoms with Gasteiger partial charge in [0, 0.05) is 33.5 Å². The van der Waals surface area contributed by atoms with Crippen molar-refractivity contribution < 1.29 is 0 Å². The minimum absolute atomic E-state index is 1.09. The third kappa shape index (κ3) is 7.05. The van der Waals surface area contributed by atoms with Gasteiger partial charge in [-0.1, -0.05) is 212 Å². The van der Waals surface area contributed by atoms with Crippen molar-refractivity contribution >= 4 is 78.5 Å². The Morgan fingerprint density at radius 1 is 0.299 bits per heavy atom. The highest BCUT2D eigenvalue weighted by Gasteiger charge is 2.41. The first-order chi connectivity index (χ1) is 33.2. The smallest absolute Gasteiger partial charge is 0.179 e. The van der Waals surface area contributed by atoms with Gasteiger partial charge in [0.05, 0.1) is 11.0 Å². The maximum atomic E-state index is 2.43. The number of benzene rings is 11. The van der Waals surface area contributed by atoms with Crippen LogP contribution in [0.1, 0.15) is 0 Å². The molecule has 0 radical (unpaired) electrons. The van der Waals surface area contributed by atoms with Crippen molar-refractivity contribution in [1.82, 2.24) is 4.57 Å². The van der Waals surface area contributed by atoms with E-state index in [1.54, 1.807) is 0 Å². The quantitative estimate of drug-likeness (QED) is 0.0982. The van der Waals surface area contributed by atoms with Crippen LogP contribution in [0.15, 0.2) is 279 Å². The van der Waals surface area contributed by atoms with Crippen LogP contribution in [-0.4, -0.2) is 12.6 Å². The van der Waals surface area contributed by atoms with Crippen molar-refractivity contribution in [3.8, 4) is 27.9 Å². The van der Waals surface area contributed by atoms with Crippen molar-refractivity contribution in [2.45, 2.75) is 0 Å². The molecular formula is C64H46N2Si. The van der Waals surface area contributed by atoms with Crippen LogP contribution < -0.4 is 25.6 Å². The fourth-order valence-corrected chi connectivity index (χ4v) is 15.2. The zero-order chi connectivity index (χ0) is 44.6. The normalized spacial score (nSPS) is 11.6. The predicted octanol–water partition coefficient (Wildman–Crippen LogP) is 14.1. The summed E-state index contributed by atoms with van der Waals surface area (Å²) in [6.45, 7) is 0. The molecule has 67 heavy (non-hydrogen) atoms. The van der Waals surface area contributed by atoms with Crippen LogP contribution in [0.25, 0.3) is 60.5 Å². The van der Waals surface area contributed by atoms with Gasteiger partial charge in [0.2, 0.25) is 0 Å². The van der Waals surface area contributed by atoms with Gasteiger partial charge < -0.3 is 9.47 Å². The SMILES string of the molecule is c1ccc(-c2ccc3cc(N(c4ccc([Si](c5ccccc5)(c5ccccc5)c5ccccc5)cc4)c4cccc(-c5cccc6c5c5ccccc5n6-c5ccccc5)c4)ccc3c2)cc1. The number of aromatic nitrogens is 1. The van der Waals surface area contributed by atoms with E-state index >= 15 is 0 Å². The van der Waals surface area contributed by atoms with Crippen LogP contribution in [0.4, 0.5) is 17.1 Å². The lowest BCUT2D eigenvalue weighted by molar-refractivity contribution is 1.18. The number of nitrogens with zero attached hydrogens (tertiary/aromatic N) is 2. The molecule has 12 aromatic rings. The Labute approximate surface area is 392 Å². The van der Waals surface area contributed by atoms with Crippen LogP contribution in [0.2, 0.25) is 0 Å². The molecule has 316 valence electrons. The molecule has 0 spiro atoms. The maximum absolute atomic E-state index is 2.73. The number of rotatable bonds is 10. The van der Waals surface area contributed by atoms with Crippen molar-refractivity contribution in [3.05, 3.63) is 279 Å². The third-order valence-electron chi connectivity index (χ3n) is 13.5. The van der Waals surface area contributed by atoms with Crippen molar-refractivity contribution in [3.63, 3.8) is 0 Å². The molecule has 0 fully saturated rings. The van der Waals surface area contributed by atoms with E-state index < -0.39 is 8.07 Å². The predicted molar refractivity (Wildman–Crippen MR) is 287 cm³/mol. The van der Waals surface area contributed by atoms with Crippen LogP contribution in [0, 0.1) is 0 Å². The largest absolute Gasteiger partial charge is 0.310 e. The third-order valence-corrected chi connectivity index (χ3v) is 18.3. The first-order valence-corrected chi connectivity index (χ1v) is 25.1. The highest BCUT2D eigenvalue weighted by atomic mass is 28.3. The van der Waals surface area contributed by atoms with E-state index in [9.17, 15) is 0 Å². The molecule has 0 atom stereocenters. The summed E-state index contributed by atoms with van der Waals surface area (Å²) in [5.74, 6) is 0. The molecule has 0 amide bonds. The summed E-state index contributed by atoms with van der Waals surface area (Å²) >= 11 is 0. The molecule has 0 bridgehead atoms. The first kappa shape index (κ1) is 40.0. The molecule has 0 aliphatic carbocycles. The molecule has 12 rings (SSSR count). The average molecular weight is 871 g/mol. The van der Waals surface area contributed by atoms with Gasteiger partial charge in [0.1, 0.15) is 0 Å². The second-order valence-electron chi connectivity index (χ2n) is 17.3. The lowest BCUT2D eigenvalue weighted by Crippen LogP contribution is -2.74. The van der Waals surface area contributed by atoms with E-state index in [-0.39, 0.29) is 0 Å². The van der Waals surface area contributed by atoms with Gasteiger partial charge in [-0.15, -0.1) is 0 Å². The molecule has 0 unspecified atom stereocenters. The van der Waals surface area contributed by atoms with E-state index in [0.717, 1.165) is 28.3 Å². The van der Waals surface area contributed by atoms with Crippen LogP contribution in [0.5, 0.6) is 0 Å². The Kier molecular flexibility index (Phi) is 10.2. The van der Waals surface area contributed by atoms with Crippen molar-refractivity contribution in [1.29, 1.82) is 0 Å². The Morgan fingerprint density at radius 3 is 1.46 bits per heavy atom. The van der Waals surface area contributed by atoms with Gasteiger partial charge in [0.15, 0.2) is 8.07 Å². The van der Waals surface area contributed by atoms with Gasteiger partial charge in [0.25, 0.3) is 0 Å². The average Bonchev–Trinajstić information content (AvgIpc) is 3.75. The van der Waals surface area contributed by atoms with Gasteiger partial charge in [-0.2, -0.15) is 0 Å². The molecule has 11 aromatic carbocycles. The van der Waals surface area contributed by atoms with Crippen molar-refractivity contribution in [2.75, 3.05) is 4.90 Å². The molecule has 0 saturated carbocycles. The number of para-hydroxylation sites is 2. The zero-order valence-electron chi connectivity index (χ0n) is 37.0. The Balaban J connectivity index is 1.04. The second kappa shape index (κ2) is 17.1.